The molecule has 1 atom stereocenters. The van der Waals surface area contributed by atoms with Gasteiger partial charge in [-0.2, -0.15) is 0 Å². The average molecular weight is 253 g/mol. The monoisotopic (exact) mass is 253 g/mol. The molecule has 3 rings (SSSR count). The van der Waals surface area contributed by atoms with Crippen LogP contribution in [0.4, 0.5) is 13.6 Å². The van der Waals surface area contributed by atoms with E-state index in [2.05, 4.69) is 10.6 Å². The van der Waals surface area contributed by atoms with Crippen LogP contribution in [-0.4, -0.2) is 36.6 Å². The van der Waals surface area contributed by atoms with Gasteiger partial charge in [0, 0.05) is 31.3 Å². The summed E-state index contributed by atoms with van der Waals surface area (Å²) in [6.45, 7) is 1.96. The second-order valence-corrected chi connectivity index (χ2v) is 4.63. The highest BCUT2D eigenvalue weighted by atomic mass is 19.1. The average Bonchev–Trinajstić information content (AvgIpc) is 2.58. The fourth-order valence-electron chi connectivity index (χ4n) is 2.33. The number of rotatable bonds is 2. The molecular weight excluding hydrogens is 240 g/mol. The Morgan fingerprint density at radius 1 is 1.28 bits per heavy atom. The second-order valence-electron chi connectivity index (χ2n) is 4.63. The van der Waals surface area contributed by atoms with Crippen LogP contribution in [0.2, 0.25) is 0 Å². The molecule has 0 radical (unpaired) electrons. The van der Waals surface area contributed by atoms with Crippen LogP contribution in [0.25, 0.3) is 0 Å². The van der Waals surface area contributed by atoms with Crippen molar-refractivity contribution in [2.24, 2.45) is 0 Å². The standard InChI is InChI=1S/C12H13F2N3O/c13-7-1-2-9(10(14)3-7)11-6-17(12(18)16-11)8-4-15-5-8/h1-3,8,11,15H,4-6H2,(H,16,18). The fraction of sp³-hybridized carbons (Fsp3) is 0.417. The number of benzene rings is 1. The number of amides is 2. The molecule has 2 amide bonds. The van der Waals surface area contributed by atoms with Gasteiger partial charge < -0.3 is 15.5 Å². The molecule has 6 heteroatoms. The van der Waals surface area contributed by atoms with E-state index in [0.717, 1.165) is 19.2 Å². The highest BCUT2D eigenvalue weighted by Crippen LogP contribution is 2.25. The summed E-state index contributed by atoms with van der Waals surface area (Å²) in [5.74, 6) is -1.23. The maximum Gasteiger partial charge on any atom is 0.318 e. The first kappa shape index (κ1) is 11.4. The maximum absolute atomic E-state index is 13.6. The smallest absolute Gasteiger partial charge is 0.318 e. The Morgan fingerprint density at radius 2 is 2.06 bits per heavy atom. The number of nitrogens with one attached hydrogen (secondary N) is 2. The van der Waals surface area contributed by atoms with Crippen LogP contribution >= 0.6 is 0 Å². The van der Waals surface area contributed by atoms with Crippen LogP contribution in [0, 0.1) is 11.6 Å². The van der Waals surface area contributed by atoms with Crippen LogP contribution in [-0.2, 0) is 0 Å². The third kappa shape index (κ3) is 1.82. The summed E-state index contributed by atoms with van der Waals surface area (Å²) in [7, 11) is 0. The van der Waals surface area contributed by atoms with E-state index in [0.29, 0.717) is 12.1 Å². The number of nitrogens with zero attached hydrogens (tertiary/aromatic N) is 1. The van der Waals surface area contributed by atoms with Gasteiger partial charge >= 0.3 is 6.03 Å². The molecule has 0 aliphatic carbocycles. The Hall–Kier alpha value is -1.69. The molecule has 96 valence electrons. The minimum atomic E-state index is -0.617. The lowest BCUT2D eigenvalue weighted by Crippen LogP contribution is -2.57. The zero-order chi connectivity index (χ0) is 12.7. The topological polar surface area (TPSA) is 44.4 Å². The molecule has 2 heterocycles. The molecular formula is C12H13F2N3O. The SMILES string of the molecule is O=C1NC(c2ccc(F)cc2F)CN1C1CNC1. The number of hydrogen-bond donors (Lipinski definition) is 2. The van der Waals surface area contributed by atoms with Gasteiger partial charge in [-0.1, -0.05) is 6.07 Å². The molecule has 0 aromatic heterocycles. The molecule has 2 saturated heterocycles. The van der Waals surface area contributed by atoms with E-state index >= 15 is 0 Å². The van der Waals surface area contributed by atoms with Gasteiger partial charge in [0.1, 0.15) is 11.6 Å². The predicted molar refractivity (Wildman–Crippen MR) is 61.0 cm³/mol. The Morgan fingerprint density at radius 3 is 2.67 bits per heavy atom. The Balaban J connectivity index is 1.79. The molecule has 0 spiro atoms. The van der Waals surface area contributed by atoms with Crippen molar-refractivity contribution < 1.29 is 13.6 Å². The van der Waals surface area contributed by atoms with Crippen LogP contribution in [0.15, 0.2) is 18.2 Å². The molecule has 2 aliphatic heterocycles. The Bertz CT molecular complexity index is 490. The number of urea groups is 1. The molecule has 2 aliphatic rings. The summed E-state index contributed by atoms with van der Waals surface area (Å²) < 4.78 is 26.5. The van der Waals surface area contributed by atoms with Crippen molar-refractivity contribution in [3.05, 3.63) is 35.4 Å². The molecule has 1 aromatic carbocycles. The van der Waals surface area contributed by atoms with Crippen LogP contribution in [0.1, 0.15) is 11.6 Å². The Kier molecular flexibility index (Phi) is 2.66. The third-order valence-corrected chi connectivity index (χ3v) is 3.48. The van der Waals surface area contributed by atoms with E-state index < -0.39 is 17.7 Å². The quantitative estimate of drug-likeness (QED) is 0.826. The van der Waals surface area contributed by atoms with Crippen LogP contribution < -0.4 is 10.6 Å². The molecule has 0 bridgehead atoms. The van der Waals surface area contributed by atoms with E-state index in [9.17, 15) is 13.6 Å². The van der Waals surface area contributed by atoms with E-state index in [-0.39, 0.29) is 12.1 Å². The van der Waals surface area contributed by atoms with Gasteiger partial charge in [-0.25, -0.2) is 13.6 Å². The fourth-order valence-corrected chi connectivity index (χ4v) is 2.33. The summed E-state index contributed by atoms with van der Waals surface area (Å²) in [6, 6.07) is 3.03. The minimum Gasteiger partial charge on any atom is -0.329 e. The number of carbonyl (C=O) groups excluding carboxylic acids is 1. The molecule has 1 unspecified atom stereocenters. The lowest BCUT2D eigenvalue weighted by atomic mass is 10.1. The van der Waals surface area contributed by atoms with Gasteiger partial charge in [-0.05, 0) is 6.07 Å². The van der Waals surface area contributed by atoms with E-state index in [1.54, 1.807) is 4.90 Å². The number of halogens is 2. The number of hydrogen-bond acceptors (Lipinski definition) is 2. The highest BCUT2D eigenvalue weighted by Gasteiger charge is 2.37. The van der Waals surface area contributed by atoms with Crippen molar-refractivity contribution in [2.75, 3.05) is 19.6 Å². The molecule has 2 fully saturated rings. The van der Waals surface area contributed by atoms with Gasteiger partial charge in [-0.3, -0.25) is 0 Å². The van der Waals surface area contributed by atoms with Crippen LogP contribution in [0.3, 0.4) is 0 Å². The zero-order valence-corrected chi connectivity index (χ0v) is 9.62. The minimum absolute atomic E-state index is 0.179. The van der Waals surface area contributed by atoms with E-state index in [1.165, 1.54) is 12.1 Å². The molecule has 1 aromatic rings. The summed E-state index contributed by atoms with van der Waals surface area (Å²) >= 11 is 0. The molecule has 4 nitrogen and oxygen atoms in total. The summed E-state index contributed by atoms with van der Waals surface area (Å²) in [5, 5.41) is 5.81. The first-order valence-corrected chi connectivity index (χ1v) is 5.88. The normalized spacial score (nSPS) is 24.0. The van der Waals surface area contributed by atoms with Gasteiger partial charge in [0.05, 0.1) is 12.1 Å². The predicted octanol–water partition coefficient (Wildman–Crippen LogP) is 1.00. The zero-order valence-electron chi connectivity index (χ0n) is 9.62. The molecule has 2 N–H and O–H groups in total. The van der Waals surface area contributed by atoms with Gasteiger partial charge in [0.25, 0.3) is 0 Å². The van der Waals surface area contributed by atoms with Gasteiger partial charge in [0.15, 0.2) is 0 Å². The Labute approximate surface area is 103 Å². The van der Waals surface area contributed by atoms with Crippen molar-refractivity contribution in [1.82, 2.24) is 15.5 Å². The van der Waals surface area contributed by atoms with Gasteiger partial charge in [-0.15, -0.1) is 0 Å². The van der Waals surface area contributed by atoms with Crippen molar-refractivity contribution >= 4 is 6.03 Å². The largest absolute Gasteiger partial charge is 0.329 e. The van der Waals surface area contributed by atoms with Crippen molar-refractivity contribution in [3.63, 3.8) is 0 Å². The first-order valence-electron chi connectivity index (χ1n) is 5.88. The lowest BCUT2D eigenvalue weighted by molar-refractivity contribution is 0.172. The van der Waals surface area contributed by atoms with Crippen LogP contribution in [0.5, 0.6) is 0 Å². The van der Waals surface area contributed by atoms with Crippen molar-refractivity contribution in [3.8, 4) is 0 Å². The van der Waals surface area contributed by atoms with Crippen molar-refractivity contribution in [2.45, 2.75) is 12.1 Å². The van der Waals surface area contributed by atoms with E-state index in [1.807, 2.05) is 0 Å². The van der Waals surface area contributed by atoms with Gasteiger partial charge in [0.2, 0.25) is 0 Å². The first-order chi connectivity index (χ1) is 8.65. The maximum atomic E-state index is 13.6. The second kappa shape index (κ2) is 4.20. The summed E-state index contributed by atoms with van der Waals surface area (Å²) in [4.78, 5) is 13.5. The lowest BCUT2D eigenvalue weighted by Gasteiger charge is -2.34. The highest BCUT2D eigenvalue weighted by molar-refractivity contribution is 5.77. The summed E-state index contributed by atoms with van der Waals surface area (Å²) in [6.07, 6.45) is 0. The third-order valence-electron chi connectivity index (χ3n) is 3.48. The molecule has 0 saturated carbocycles. The van der Waals surface area contributed by atoms with Crippen molar-refractivity contribution in [1.29, 1.82) is 0 Å². The molecule has 18 heavy (non-hydrogen) atoms. The van der Waals surface area contributed by atoms with E-state index in [4.69, 9.17) is 0 Å². The summed E-state index contributed by atoms with van der Waals surface area (Å²) in [5.41, 5.74) is 0.333. The number of carbonyl (C=O) groups is 1.